The first-order valence-corrected chi connectivity index (χ1v) is 9.87. The standard InChI is InChI=1S/C15H24N2O3S2/c1-5-6-12(2)16-15(18)11-17(3)22(19,20)14-9-7-13(21-4)8-10-14/h7-10,12H,5-6,11H2,1-4H3,(H,16,18)/t12-/m0/s1. The van der Waals surface area contributed by atoms with E-state index in [2.05, 4.69) is 5.32 Å². The van der Waals surface area contributed by atoms with Gasteiger partial charge >= 0.3 is 0 Å². The summed E-state index contributed by atoms with van der Waals surface area (Å²) in [5, 5.41) is 2.81. The Balaban J connectivity index is 2.73. The molecule has 0 unspecified atom stereocenters. The summed E-state index contributed by atoms with van der Waals surface area (Å²) in [5.74, 6) is -0.284. The molecule has 124 valence electrons. The summed E-state index contributed by atoms with van der Waals surface area (Å²) in [6.07, 6.45) is 3.77. The van der Waals surface area contributed by atoms with Crippen LogP contribution in [0.3, 0.4) is 0 Å². The molecule has 0 aliphatic heterocycles. The fraction of sp³-hybridized carbons (Fsp3) is 0.533. The lowest BCUT2D eigenvalue weighted by Crippen LogP contribution is -2.41. The lowest BCUT2D eigenvalue weighted by Gasteiger charge is -2.19. The molecule has 0 radical (unpaired) electrons. The number of hydrogen-bond donors (Lipinski definition) is 1. The number of rotatable bonds is 8. The highest BCUT2D eigenvalue weighted by Gasteiger charge is 2.23. The van der Waals surface area contributed by atoms with Gasteiger partial charge in [0.1, 0.15) is 0 Å². The van der Waals surface area contributed by atoms with E-state index in [0.29, 0.717) is 0 Å². The number of benzene rings is 1. The average Bonchev–Trinajstić information content (AvgIpc) is 2.47. The predicted molar refractivity (Wildman–Crippen MR) is 90.6 cm³/mol. The fourth-order valence-electron chi connectivity index (χ4n) is 2.04. The summed E-state index contributed by atoms with van der Waals surface area (Å²) in [5.41, 5.74) is 0. The fourth-order valence-corrected chi connectivity index (χ4v) is 3.58. The van der Waals surface area contributed by atoms with E-state index in [4.69, 9.17) is 0 Å². The molecule has 7 heteroatoms. The number of carbonyl (C=O) groups excluding carboxylic acids is 1. The van der Waals surface area contributed by atoms with Crippen molar-refractivity contribution in [3.63, 3.8) is 0 Å². The van der Waals surface area contributed by atoms with E-state index in [-0.39, 0.29) is 23.4 Å². The van der Waals surface area contributed by atoms with Crippen LogP contribution in [-0.4, -0.2) is 44.5 Å². The third-order valence-electron chi connectivity index (χ3n) is 3.26. The van der Waals surface area contributed by atoms with Gasteiger partial charge in [0.15, 0.2) is 0 Å². The molecule has 0 saturated carbocycles. The van der Waals surface area contributed by atoms with E-state index in [1.165, 1.54) is 7.05 Å². The summed E-state index contributed by atoms with van der Waals surface area (Å²) in [6.45, 7) is 3.77. The van der Waals surface area contributed by atoms with E-state index < -0.39 is 10.0 Å². The second kappa shape index (κ2) is 8.55. The molecule has 0 aliphatic rings. The molecule has 0 heterocycles. The molecule has 1 aromatic rings. The van der Waals surface area contributed by atoms with Crippen molar-refractivity contribution in [3.8, 4) is 0 Å². The summed E-state index contributed by atoms with van der Waals surface area (Å²) < 4.78 is 25.9. The van der Waals surface area contributed by atoms with Gasteiger partial charge in [-0.3, -0.25) is 4.79 Å². The molecular weight excluding hydrogens is 320 g/mol. The number of thioether (sulfide) groups is 1. The van der Waals surface area contributed by atoms with Crippen LogP contribution in [0.15, 0.2) is 34.1 Å². The summed E-state index contributed by atoms with van der Waals surface area (Å²) in [7, 11) is -2.23. The smallest absolute Gasteiger partial charge is 0.243 e. The maximum atomic E-state index is 12.4. The van der Waals surface area contributed by atoms with Gasteiger partial charge in [0.2, 0.25) is 15.9 Å². The van der Waals surface area contributed by atoms with Crippen molar-refractivity contribution in [2.45, 2.75) is 42.5 Å². The van der Waals surface area contributed by atoms with Crippen molar-refractivity contribution in [2.75, 3.05) is 19.8 Å². The van der Waals surface area contributed by atoms with E-state index in [0.717, 1.165) is 22.0 Å². The minimum atomic E-state index is -3.64. The Bertz CT molecular complexity index is 585. The number of sulfonamides is 1. The Morgan fingerprint density at radius 1 is 1.32 bits per heavy atom. The topological polar surface area (TPSA) is 66.5 Å². The monoisotopic (exact) mass is 344 g/mol. The van der Waals surface area contributed by atoms with Crippen LogP contribution in [0, 0.1) is 0 Å². The molecule has 0 spiro atoms. The molecule has 1 atom stereocenters. The lowest BCUT2D eigenvalue weighted by atomic mass is 10.2. The van der Waals surface area contributed by atoms with Gasteiger partial charge in [0, 0.05) is 18.0 Å². The SMILES string of the molecule is CCC[C@H](C)NC(=O)CN(C)S(=O)(=O)c1ccc(SC)cc1. The van der Waals surface area contributed by atoms with Gasteiger partial charge in [-0.25, -0.2) is 8.42 Å². The average molecular weight is 345 g/mol. The first kappa shape index (κ1) is 19.0. The Hall–Kier alpha value is -1.05. The zero-order valence-electron chi connectivity index (χ0n) is 13.5. The molecule has 1 rings (SSSR count). The van der Waals surface area contributed by atoms with Gasteiger partial charge < -0.3 is 5.32 Å². The Morgan fingerprint density at radius 2 is 1.91 bits per heavy atom. The van der Waals surface area contributed by atoms with Gasteiger partial charge in [-0.05, 0) is 43.9 Å². The molecule has 1 N–H and O–H groups in total. The number of nitrogens with zero attached hydrogens (tertiary/aromatic N) is 1. The van der Waals surface area contributed by atoms with Gasteiger partial charge in [-0.1, -0.05) is 13.3 Å². The van der Waals surface area contributed by atoms with Crippen LogP contribution in [0.25, 0.3) is 0 Å². The quantitative estimate of drug-likeness (QED) is 0.735. The van der Waals surface area contributed by atoms with Crippen LogP contribution < -0.4 is 5.32 Å². The molecule has 0 fully saturated rings. The third kappa shape index (κ3) is 5.30. The number of likely N-dealkylation sites (N-methyl/N-ethyl adjacent to an activating group) is 1. The number of nitrogens with one attached hydrogen (secondary N) is 1. The molecule has 0 bridgehead atoms. The molecule has 0 saturated heterocycles. The van der Waals surface area contributed by atoms with Crippen LogP contribution in [-0.2, 0) is 14.8 Å². The largest absolute Gasteiger partial charge is 0.353 e. The van der Waals surface area contributed by atoms with E-state index in [9.17, 15) is 13.2 Å². The molecular formula is C15H24N2O3S2. The summed E-state index contributed by atoms with van der Waals surface area (Å²) in [4.78, 5) is 13.1. The van der Waals surface area contributed by atoms with Crippen LogP contribution in [0.1, 0.15) is 26.7 Å². The van der Waals surface area contributed by atoms with Crippen LogP contribution in [0.5, 0.6) is 0 Å². The highest BCUT2D eigenvalue weighted by Crippen LogP contribution is 2.19. The van der Waals surface area contributed by atoms with Gasteiger partial charge in [-0.2, -0.15) is 4.31 Å². The number of amides is 1. The van der Waals surface area contributed by atoms with Crippen molar-refractivity contribution < 1.29 is 13.2 Å². The molecule has 0 aliphatic carbocycles. The molecule has 22 heavy (non-hydrogen) atoms. The number of carbonyl (C=O) groups is 1. The van der Waals surface area contributed by atoms with Crippen LogP contribution in [0.4, 0.5) is 0 Å². The molecule has 1 aromatic carbocycles. The van der Waals surface area contributed by atoms with Gasteiger partial charge in [0.05, 0.1) is 11.4 Å². The van der Waals surface area contributed by atoms with E-state index in [1.54, 1.807) is 36.0 Å². The second-order valence-corrected chi connectivity index (χ2v) is 8.12. The lowest BCUT2D eigenvalue weighted by molar-refractivity contribution is -0.121. The number of hydrogen-bond acceptors (Lipinski definition) is 4. The Morgan fingerprint density at radius 3 is 2.41 bits per heavy atom. The van der Waals surface area contributed by atoms with Crippen molar-refractivity contribution in [1.29, 1.82) is 0 Å². The summed E-state index contributed by atoms with van der Waals surface area (Å²) in [6, 6.07) is 6.70. The van der Waals surface area contributed by atoms with Gasteiger partial charge in [0.25, 0.3) is 0 Å². The first-order valence-electron chi connectivity index (χ1n) is 7.21. The third-order valence-corrected chi connectivity index (χ3v) is 5.82. The molecule has 5 nitrogen and oxygen atoms in total. The van der Waals surface area contributed by atoms with Crippen molar-refractivity contribution in [1.82, 2.24) is 9.62 Å². The zero-order valence-corrected chi connectivity index (χ0v) is 15.1. The van der Waals surface area contributed by atoms with Crippen molar-refractivity contribution in [2.24, 2.45) is 0 Å². The maximum Gasteiger partial charge on any atom is 0.243 e. The second-order valence-electron chi connectivity index (χ2n) is 5.19. The van der Waals surface area contributed by atoms with Crippen LogP contribution >= 0.6 is 11.8 Å². The minimum Gasteiger partial charge on any atom is -0.353 e. The summed E-state index contributed by atoms with van der Waals surface area (Å²) >= 11 is 1.55. The highest BCUT2D eigenvalue weighted by molar-refractivity contribution is 7.98. The Labute approximate surface area is 137 Å². The van der Waals surface area contributed by atoms with E-state index in [1.807, 2.05) is 20.1 Å². The van der Waals surface area contributed by atoms with Crippen molar-refractivity contribution in [3.05, 3.63) is 24.3 Å². The minimum absolute atomic E-state index is 0.0504. The van der Waals surface area contributed by atoms with Crippen LogP contribution in [0.2, 0.25) is 0 Å². The van der Waals surface area contributed by atoms with E-state index >= 15 is 0 Å². The predicted octanol–water partition coefficient (Wildman–Crippen LogP) is 2.33. The highest BCUT2D eigenvalue weighted by atomic mass is 32.2. The van der Waals surface area contributed by atoms with Gasteiger partial charge in [-0.15, -0.1) is 11.8 Å². The normalized spacial score (nSPS) is 13.1. The molecule has 0 aromatic heterocycles. The zero-order chi connectivity index (χ0) is 16.8. The Kier molecular flexibility index (Phi) is 7.38. The first-order chi connectivity index (χ1) is 10.3. The molecule has 1 amide bonds. The maximum absolute atomic E-state index is 12.4. The van der Waals surface area contributed by atoms with Crippen molar-refractivity contribution >= 4 is 27.7 Å².